The second-order valence-corrected chi connectivity index (χ2v) is 16.4. The van der Waals surface area contributed by atoms with E-state index in [1.165, 1.54) is 11.5 Å². The molecule has 10 bridgehead atoms. The molecule has 0 radical (unpaired) electrons. The van der Waals surface area contributed by atoms with Crippen molar-refractivity contribution in [3.8, 4) is 23.0 Å². The molecule has 0 amide bonds. The van der Waals surface area contributed by atoms with Gasteiger partial charge in [0, 0.05) is 71.7 Å². The van der Waals surface area contributed by atoms with E-state index in [4.69, 9.17) is 9.47 Å². The lowest BCUT2D eigenvalue weighted by atomic mass is 9.91. The van der Waals surface area contributed by atoms with Crippen LogP contribution in [0.1, 0.15) is 44.5 Å². The molecule has 2 aliphatic rings. The predicted molar refractivity (Wildman–Crippen MR) is 201 cm³/mol. The van der Waals surface area contributed by atoms with Gasteiger partial charge >= 0.3 is 0 Å². The van der Waals surface area contributed by atoms with Crippen LogP contribution >= 0.6 is 47.0 Å². The maximum Gasteiger partial charge on any atom is 0.126 e. The normalized spacial score (nSPS) is 17.0. The van der Waals surface area contributed by atoms with Crippen molar-refractivity contribution in [3.63, 3.8) is 0 Å². The van der Waals surface area contributed by atoms with Gasteiger partial charge in [-0.1, -0.05) is 72.8 Å². The van der Waals surface area contributed by atoms with Crippen molar-refractivity contribution >= 4 is 47.0 Å². The molecular weight excluding hydrogens is 649 g/mol. The van der Waals surface area contributed by atoms with Gasteiger partial charge in [-0.2, -0.15) is 47.0 Å². The summed E-state index contributed by atoms with van der Waals surface area (Å²) in [5.41, 5.74) is 7.67. The standard InChI is InChI=1S/C38H42O4S4/c39-35-27-5-1-6-28(35)24-32-10-4-12-34-26-30-8-2-7-29(36(30)40)25-33-11-3-9-31(23-27)37(33)41-13-15-43-17-19-45-21-22-46-20-18-44-16-14-42-38(32)34/h1-12,39-40H,13-26H2. The van der Waals surface area contributed by atoms with Gasteiger partial charge in [0.05, 0.1) is 13.2 Å². The number of para-hydroxylation sites is 4. The largest absolute Gasteiger partial charge is 0.507 e. The number of fused-ring (bicyclic) bond motifs is 2. The Kier molecular flexibility index (Phi) is 12.4. The number of phenolic OH excluding ortho intramolecular Hbond substituents is 2. The lowest BCUT2D eigenvalue weighted by Crippen LogP contribution is -2.08. The first-order valence-electron chi connectivity index (χ1n) is 16.0. The van der Waals surface area contributed by atoms with E-state index in [0.717, 1.165) is 90.5 Å². The maximum absolute atomic E-state index is 11.6. The van der Waals surface area contributed by atoms with Crippen LogP contribution in [0.3, 0.4) is 0 Å². The summed E-state index contributed by atoms with van der Waals surface area (Å²) in [6, 6.07) is 24.7. The summed E-state index contributed by atoms with van der Waals surface area (Å²) < 4.78 is 13.2. The molecule has 2 N–H and O–H groups in total. The molecule has 0 fully saturated rings. The average molecular weight is 691 g/mol. The Hall–Kier alpha value is -2.52. The summed E-state index contributed by atoms with van der Waals surface area (Å²) in [6.07, 6.45) is 2.21. The van der Waals surface area contributed by atoms with Gasteiger partial charge in [-0.25, -0.2) is 0 Å². The lowest BCUT2D eigenvalue weighted by molar-refractivity contribution is 0.337. The molecule has 1 heterocycles. The molecule has 0 aromatic heterocycles. The molecule has 0 spiro atoms. The zero-order chi connectivity index (χ0) is 31.6. The number of hydrogen-bond acceptors (Lipinski definition) is 8. The average Bonchev–Trinajstić information content (AvgIpc) is 3.05. The van der Waals surface area contributed by atoms with Crippen LogP contribution in [-0.2, 0) is 25.7 Å². The minimum atomic E-state index is 0.330. The number of rotatable bonds is 0. The van der Waals surface area contributed by atoms with E-state index in [1.807, 2.05) is 83.4 Å². The van der Waals surface area contributed by atoms with Gasteiger partial charge in [0.2, 0.25) is 0 Å². The Labute approximate surface area is 290 Å². The Morgan fingerprint density at radius 1 is 0.370 bits per heavy atom. The molecule has 0 saturated heterocycles. The monoisotopic (exact) mass is 690 g/mol. The van der Waals surface area contributed by atoms with Crippen molar-refractivity contribution in [1.82, 2.24) is 0 Å². The SMILES string of the molecule is Oc1c2cccc1Cc1cccc3c1OCCSCCSCCSCCSCCOc1c(cccc1Cc1cccc(c1O)C3)C2. The van der Waals surface area contributed by atoms with E-state index in [2.05, 4.69) is 36.4 Å². The van der Waals surface area contributed by atoms with E-state index in [9.17, 15) is 10.2 Å². The summed E-state index contributed by atoms with van der Waals surface area (Å²) in [5.74, 6) is 11.2. The molecule has 46 heavy (non-hydrogen) atoms. The molecule has 0 atom stereocenters. The van der Waals surface area contributed by atoms with Crippen LogP contribution in [0.15, 0.2) is 72.8 Å². The molecular formula is C38H42O4S4. The molecule has 8 heteroatoms. The second kappa shape index (κ2) is 17.0. The fraction of sp³-hybridized carbons (Fsp3) is 0.368. The van der Waals surface area contributed by atoms with Crippen molar-refractivity contribution in [1.29, 1.82) is 0 Å². The van der Waals surface area contributed by atoms with E-state index in [1.54, 1.807) is 0 Å². The van der Waals surface area contributed by atoms with Crippen LogP contribution in [0.5, 0.6) is 23.0 Å². The van der Waals surface area contributed by atoms with Crippen molar-refractivity contribution in [2.45, 2.75) is 25.7 Å². The predicted octanol–water partition coefficient (Wildman–Crippen LogP) is 8.48. The Morgan fingerprint density at radius 2 is 0.630 bits per heavy atom. The highest BCUT2D eigenvalue weighted by Crippen LogP contribution is 2.38. The van der Waals surface area contributed by atoms with Gasteiger partial charge in [-0.05, 0) is 44.5 Å². The van der Waals surface area contributed by atoms with Crippen LogP contribution in [0, 0.1) is 0 Å². The van der Waals surface area contributed by atoms with Gasteiger partial charge in [-0.15, -0.1) is 0 Å². The topological polar surface area (TPSA) is 58.9 Å². The highest BCUT2D eigenvalue weighted by Gasteiger charge is 2.20. The zero-order valence-corrected chi connectivity index (χ0v) is 29.4. The molecule has 1 aliphatic carbocycles. The summed E-state index contributed by atoms with van der Waals surface area (Å²) in [6.45, 7) is 1.23. The van der Waals surface area contributed by atoms with Gasteiger partial charge in [-0.3, -0.25) is 0 Å². The van der Waals surface area contributed by atoms with Crippen LogP contribution in [0.4, 0.5) is 0 Å². The Balaban J connectivity index is 1.42. The maximum atomic E-state index is 11.6. The van der Waals surface area contributed by atoms with Gasteiger partial charge < -0.3 is 19.7 Å². The summed E-state index contributed by atoms with van der Waals surface area (Å²) >= 11 is 7.97. The number of hydrogen-bond donors (Lipinski definition) is 2. The molecule has 4 aromatic carbocycles. The fourth-order valence-corrected chi connectivity index (χ4v) is 10.1. The molecule has 0 saturated carbocycles. The molecule has 6 rings (SSSR count). The first-order valence-corrected chi connectivity index (χ1v) is 20.7. The third kappa shape index (κ3) is 8.68. The summed E-state index contributed by atoms with van der Waals surface area (Å²) in [7, 11) is 0. The molecule has 4 nitrogen and oxygen atoms in total. The first kappa shape index (κ1) is 33.4. The smallest absolute Gasteiger partial charge is 0.126 e. The van der Waals surface area contributed by atoms with Crippen molar-refractivity contribution in [2.75, 3.05) is 59.2 Å². The number of aromatic hydroxyl groups is 2. The molecule has 4 aromatic rings. The van der Waals surface area contributed by atoms with Crippen molar-refractivity contribution < 1.29 is 19.7 Å². The third-order valence-electron chi connectivity index (χ3n) is 8.35. The van der Waals surface area contributed by atoms with Crippen LogP contribution in [0.2, 0.25) is 0 Å². The summed E-state index contributed by atoms with van der Waals surface area (Å²) in [5, 5.41) is 23.2. The second-order valence-electron chi connectivity index (χ2n) is 11.5. The summed E-state index contributed by atoms with van der Waals surface area (Å²) in [4.78, 5) is 0. The van der Waals surface area contributed by atoms with Crippen molar-refractivity contribution in [2.24, 2.45) is 0 Å². The highest BCUT2D eigenvalue weighted by molar-refractivity contribution is 8.05. The number of ether oxygens (including phenoxy) is 2. The molecule has 242 valence electrons. The zero-order valence-electron chi connectivity index (χ0n) is 26.2. The Bertz CT molecular complexity index is 1400. The minimum Gasteiger partial charge on any atom is -0.507 e. The van der Waals surface area contributed by atoms with E-state index < -0.39 is 0 Å². The van der Waals surface area contributed by atoms with Gasteiger partial charge in [0.15, 0.2) is 0 Å². The fourth-order valence-electron chi connectivity index (χ4n) is 6.05. The number of phenols is 2. The first-order chi connectivity index (χ1) is 22.7. The van der Waals surface area contributed by atoms with E-state index in [-0.39, 0.29) is 0 Å². The highest BCUT2D eigenvalue weighted by atomic mass is 32.2. The van der Waals surface area contributed by atoms with Gasteiger partial charge in [0.25, 0.3) is 0 Å². The van der Waals surface area contributed by atoms with Crippen LogP contribution in [0.25, 0.3) is 0 Å². The molecule has 1 aliphatic heterocycles. The van der Waals surface area contributed by atoms with Crippen LogP contribution in [-0.4, -0.2) is 69.4 Å². The van der Waals surface area contributed by atoms with E-state index in [0.29, 0.717) is 50.4 Å². The lowest BCUT2D eigenvalue weighted by Gasteiger charge is -2.20. The number of benzene rings is 4. The quantitative estimate of drug-likeness (QED) is 0.168. The third-order valence-corrected chi connectivity index (χ3v) is 13.0. The van der Waals surface area contributed by atoms with Gasteiger partial charge in [0.1, 0.15) is 23.0 Å². The number of thioether (sulfide) groups is 4. The van der Waals surface area contributed by atoms with Crippen molar-refractivity contribution in [3.05, 3.63) is 117 Å². The Morgan fingerprint density at radius 3 is 0.935 bits per heavy atom. The molecule has 0 unspecified atom stereocenters. The minimum absolute atomic E-state index is 0.330. The van der Waals surface area contributed by atoms with Crippen LogP contribution < -0.4 is 9.47 Å². The van der Waals surface area contributed by atoms with E-state index >= 15 is 0 Å².